The van der Waals surface area contributed by atoms with Crippen LogP contribution in [0.4, 0.5) is 5.69 Å². The number of methoxy groups -OCH3 is 2. The van der Waals surface area contributed by atoms with Crippen molar-refractivity contribution in [1.29, 1.82) is 0 Å². The van der Waals surface area contributed by atoms with Gasteiger partial charge in [0.2, 0.25) is 0 Å². The third kappa shape index (κ3) is 2.57. The first-order valence-electron chi connectivity index (χ1n) is 6.78. The summed E-state index contributed by atoms with van der Waals surface area (Å²) in [5.74, 6) is 1.62. The molecule has 0 saturated heterocycles. The number of ether oxygens (including phenoxy) is 2. The molecule has 0 aliphatic heterocycles. The van der Waals surface area contributed by atoms with Gasteiger partial charge in [0.1, 0.15) is 11.5 Å². The van der Waals surface area contributed by atoms with Gasteiger partial charge >= 0.3 is 0 Å². The highest BCUT2D eigenvalue weighted by molar-refractivity contribution is 5.59. The molecule has 1 N–H and O–H groups in total. The number of hydrogen-bond acceptors (Lipinski definition) is 4. The summed E-state index contributed by atoms with van der Waals surface area (Å²) < 4.78 is 12.9. The normalized spacial score (nSPS) is 14.1. The van der Waals surface area contributed by atoms with Crippen LogP contribution in [0.5, 0.6) is 11.5 Å². The van der Waals surface area contributed by atoms with Crippen LogP contribution in [-0.2, 0) is 6.54 Å². The first-order chi connectivity index (χ1) is 9.81. The van der Waals surface area contributed by atoms with E-state index < -0.39 is 0 Å². The van der Waals surface area contributed by atoms with Gasteiger partial charge in [-0.25, -0.2) is 4.98 Å². The molecule has 3 rings (SSSR count). The Balaban J connectivity index is 1.75. The van der Waals surface area contributed by atoms with Crippen LogP contribution in [-0.4, -0.2) is 23.8 Å². The van der Waals surface area contributed by atoms with Crippen molar-refractivity contribution in [3.63, 3.8) is 0 Å². The lowest BCUT2D eigenvalue weighted by molar-refractivity contribution is 0.404. The number of hydrogen-bond donors (Lipinski definition) is 1. The van der Waals surface area contributed by atoms with E-state index in [0.29, 0.717) is 6.04 Å². The monoisotopic (exact) mass is 273 g/mol. The third-order valence-electron chi connectivity index (χ3n) is 3.55. The Kier molecular flexibility index (Phi) is 3.50. The average Bonchev–Trinajstić information content (AvgIpc) is 3.23. The molecule has 0 unspecified atom stereocenters. The minimum Gasteiger partial charge on any atom is -0.497 e. The van der Waals surface area contributed by atoms with E-state index in [0.717, 1.165) is 23.7 Å². The first kappa shape index (κ1) is 12.8. The number of nitrogens with zero attached hydrogens (tertiary/aromatic N) is 2. The second-order valence-electron chi connectivity index (χ2n) is 4.94. The second kappa shape index (κ2) is 5.45. The van der Waals surface area contributed by atoms with E-state index in [2.05, 4.69) is 14.9 Å². The van der Waals surface area contributed by atoms with Crippen molar-refractivity contribution >= 4 is 5.69 Å². The van der Waals surface area contributed by atoms with Crippen molar-refractivity contribution < 1.29 is 9.47 Å². The van der Waals surface area contributed by atoms with Crippen LogP contribution in [0.2, 0.25) is 0 Å². The predicted octanol–water partition coefficient (Wildman–Crippen LogP) is 2.85. The van der Waals surface area contributed by atoms with E-state index in [1.165, 1.54) is 18.5 Å². The molecule has 0 spiro atoms. The van der Waals surface area contributed by atoms with Crippen LogP contribution in [0.1, 0.15) is 24.6 Å². The van der Waals surface area contributed by atoms with Gasteiger partial charge in [-0.15, -0.1) is 0 Å². The number of rotatable bonds is 6. The molecule has 1 aliphatic carbocycles. The van der Waals surface area contributed by atoms with Crippen molar-refractivity contribution in [3.05, 3.63) is 36.4 Å². The smallest absolute Gasteiger partial charge is 0.142 e. The molecule has 20 heavy (non-hydrogen) atoms. The summed E-state index contributed by atoms with van der Waals surface area (Å²) in [4.78, 5) is 4.24. The van der Waals surface area contributed by atoms with Gasteiger partial charge in [0.25, 0.3) is 0 Å². The predicted molar refractivity (Wildman–Crippen MR) is 77.4 cm³/mol. The standard InChI is InChI=1S/C15H19N3O2/c1-19-13-5-6-15(20-2)14(7-13)17-9-12-8-16-10-18(12)11-3-4-11/h5-8,10-11,17H,3-4,9H2,1-2H3. The molecule has 106 valence electrons. The Morgan fingerprint density at radius 3 is 2.85 bits per heavy atom. The summed E-state index contributed by atoms with van der Waals surface area (Å²) in [5, 5.41) is 3.40. The van der Waals surface area contributed by atoms with E-state index in [1.54, 1.807) is 14.2 Å². The fraction of sp³-hybridized carbons (Fsp3) is 0.400. The quantitative estimate of drug-likeness (QED) is 0.879. The molecule has 1 aliphatic rings. The Bertz CT molecular complexity index is 591. The van der Waals surface area contributed by atoms with Gasteiger partial charge in [-0.1, -0.05) is 0 Å². The second-order valence-corrected chi connectivity index (χ2v) is 4.94. The molecule has 5 heteroatoms. The van der Waals surface area contributed by atoms with Crippen molar-refractivity contribution in [2.75, 3.05) is 19.5 Å². The molecular weight excluding hydrogens is 254 g/mol. The van der Waals surface area contributed by atoms with E-state index in [1.807, 2.05) is 30.7 Å². The Labute approximate surface area is 118 Å². The van der Waals surface area contributed by atoms with Gasteiger partial charge in [-0.2, -0.15) is 0 Å². The third-order valence-corrected chi connectivity index (χ3v) is 3.55. The van der Waals surface area contributed by atoms with E-state index >= 15 is 0 Å². The van der Waals surface area contributed by atoms with Crippen molar-refractivity contribution in [2.24, 2.45) is 0 Å². The lowest BCUT2D eigenvalue weighted by Gasteiger charge is -2.13. The number of anilines is 1. The summed E-state index contributed by atoms with van der Waals surface area (Å²) in [7, 11) is 3.33. The molecule has 0 atom stereocenters. The maximum Gasteiger partial charge on any atom is 0.142 e. The Morgan fingerprint density at radius 2 is 2.15 bits per heavy atom. The molecule has 1 aromatic heterocycles. The molecule has 1 heterocycles. The highest BCUT2D eigenvalue weighted by Crippen LogP contribution is 2.36. The molecule has 5 nitrogen and oxygen atoms in total. The minimum absolute atomic E-state index is 0.640. The van der Waals surface area contributed by atoms with Crippen molar-refractivity contribution in [3.8, 4) is 11.5 Å². The van der Waals surface area contributed by atoms with E-state index in [9.17, 15) is 0 Å². The summed E-state index contributed by atoms with van der Waals surface area (Å²) in [6.07, 6.45) is 6.34. The van der Waals surface area contributed by atoms with Gasteiger partial charge in [-0.3, -0.25) is 0 Å². The van der Waals surface area contributed by atoms with Crippen LogP contribution >= 0.6 is 0 Å². The first-order valence-corrected chi connectivity index (χ1v) is 6.78. The van der Waals surface area contributed by atoms with Crippen LogP contribution < -0.4 is 14.8 Å². The Hall–Kier alpha value is -2.17. The fourth-order valence-electron chi connectivity index (χ4n) is 2.29. The molecule has 0 radical (unpaired) electrons. The van der Waals surface area contributed by atoms with Gasteiger partial charge in [0, 0.05) is 18.3 Å². The maximum absolute atomic E-state index is 5.36. The summed E-state index contributed by atoms with van der Waals surface area (Å²) >= 11 is 0. The SMILES string of the molecule is COc1ccc(OC)c(NCc2cncn2C2CC2)c1. The zero-order valence-electron chi connectivity index (χ0n) is 11.8. The molecule has 0 bridgehead atoms. The van der Waals surface area contributed by atoms with Gasteiger partial charge < -0.3 is 19.4 Å². The van der Waals surface area contributed by atoms with Crippen LogP contribution in [0.25, 0.3) is 0 Å². The van der Waals surface area contributed by atoms with Crippen LogP contribution in [0, 0.1) is 0 Å². The summed E-state index contributed by atoms with van der Waals surface area (Å²) in [5.41, 5.74) is 2.12. The highest BCUT2D eigenvalue weighted by Gasteiger charge is 2.25. The lowest BCUT2D eigenvalue weighted by atomic mass is 10.2. The number of benzene rings is 1. The van der Waals surface area contributed by atoms with Crippen LogP contribution in [0.15, 0.2) is 30.7 Å². The van der Waals surface area contributed by atoms with Gasteiger partial charge in [0.05, 0.1) is 38.5 Å². The molecule has 0 amide bonds. The minimum atomic E-state index is 0.640. The molecule has 1 fully saturated rings. The molecule has 1 saturated carbocycles. The van der Waals surface area contributed by atoms with Crippen LogP contribution in [0.3, 0.4) is 0 Å². The van der Waals surface area contributed by atoms with Gasteiger partial charge in [0.15, 0.2) is 0 Å². The number of aromatic nitrogens is 2. The zero-order chi connectivity index (χ0) is 13.9. The Morgan fingerprint density at radius 1 is 1.30 bits per heavy atom. The largest absolute Gasteiger partial charge is 0.497 e. The molecule has 1 aromatic carbocycles. The number of imidazole rings is 1. The zero-order valence-corrected chi connectivity index (χ0v) is 11.8. The average molecular weight is 273 g/mol. The van der Waals surface area contributed by atoms with Gasteiger partial charge in [-0.05, 0) is 25.0 Å². The number of nitrogens with one attached hydrogen (secondary N) is 1. The molecular formula is C15H19N3O2. The summed E-state index contributed by atoms with van der Waals surface area (Å²) in [6.45, 7) is 0.722. The highest BCUT2D eigenvalue weighted by atomic mass is 16.5. The fourth-order valence-corrected chi connectivity index (χ4v) is 2.29. The maximum atomic E-state index is 5.36. The van der Waals surface area contributed by atoms with Crippen molar-refractivity contribution in [2.45, 2.75) is 25.4 Å². The lowest BCUT2D eigenvalue weighted by Crippen LogP contribution is -2.07. The van der Waals surface area contributed by atoms with Crippen molar-refractivity contribution in [1.82, 2.24) is 9.55 Å². The van der Waals surface area contributed by atoms with E-state index in [4.69, 9.17) is 9.47 Å². The summed E-state index contributed by atoms with van der Waals surface area (Å²) in [6, 6.07) is 6.37. The van der Waals surface area contributed by atoms with E-state index in [-0.39, 0.29) is 0 Å². The molecule has 2 aromatic rings. The topological polar surface area (TPSA) is 48.3 Å².